The van der Waals surface area contributed by atoms with Gasteiger partial charge in [-0.05, 0) is 29.5 Å². The third-order valence-electron chi connectivity index (χ3n) is 5.57. The Morgan fingerprint density at radius 3 is 1.88 bits per heavy atom. The number of ketones is 1. The molecule has 3 aromatic rings. The summed E-state index contributed by atoms with van der Waals surface area (Å²) in [6.45, 7) is 0.0970. The molecule has 2 heteroatoms. The van der Waals surface area contributed by atoms with Crippen LogP contribution in [0.2, 0.25) is 0 Å². The van der Waals surface area contributed by atoms with E-state index in [4.69, 9.17) is 0 Å². The van der Waals surface area contributed by atoms with Crippen LogP contribution in [0.15, 0.2) is 84.9 Å². The molecule has 1 unspecified atom stereocenters. The number of fused-ring (bicyclic) bond motifs is 1. The zero-order valence-corrected chi connectivity index (χ0v) is 14.6. The number of benzene rings is 3. The van der Waals surface area contributed by atoms with E-state index >= 15 is 0 Å². The smallest absolute Gasteiger partial charge is 0.167 e. The first-order valence-electron chi connectivity index (χ1n) is 9.15. The standard InChI is InChI=1S/C24H22O2/c25-17-9-16-22-23(26)20-14-7-8-15-21(20)24(22,18-10-3-1-4-11-18)19-12-5-2-6-13-19/h1-8,10-15,22,25H,9,16-17H2. The molecule has 0 amide bonds. The van der Waals surface area contributed by atoms with Crippen molar-refractivity contribution in [2.24, 2.45) is 5.92 Å². The Hall–Kier alpha value is -2.71. The van der Waals surface area contributed by atoms with E-state index in [1.807, 2.05) is 54.6 Å². The molecule has 4 rings (SSSR count). The van der Waals surface area contributed by atoms with Gasteiger partial charge >= 0.3 is 0 Å². The maximum Gasteiger partial charge on any atom is 0.167 e. The average molecular weight is 342 g/mol. The molecule has 0 heterocycles. The molecule has 0 bridgehead atoms. The highest BCUT2D eigenvalue weighted by molar-refractivity contribution is 6.05. The molecule has 0 spiro atoms. The van der Waals surface area contributed by atoms with Crippen molar-refractivity contribution in [2.45, 2.75) is 18.3 Å². The van der Waals surface area contributed by atoms with Crippen LogP contribution in [0, 0.1) is 5.92 Å². The Kier molecular flexibility index (Phi) is 4.44. The van der Waals surface area contributed by atoms with Gasteiger partial charge in [-0.2, -0.15) is 0 Å². The highest BCUT2D eigenvalue weighted by atomic mass is 16.3. The van der Waals surface area contributed by atoms with Crippen LogP contribution in [0.3, 0.4) is 0 Å². The second-order valence-corrected chi connectivity index (χ2v) is 6.87. The van der Waals surface area contributed by atoms with E-state index in [2.05, 4.69) is 30.3 Å². The Bertz CT molecular complexity index is 860. The Balaban J connectivity index is 2.05. The maximum absolute atomic E-state index is 13.4. The summed E-state index contributed by atoms with van der Waals surface area (Å²) in [5.41, 5.74) is 3.64. The van der Waals surface area contributed by atoms with Crippen LogP contribution in [0.25, 0.3) is 0 Å². The van der Waals surface area contributed by atoms with Crippen molar-refractivity contribution in [3.05, 3.63) is 107 Å². The molecule has 1 aliphatic carbocycles. The van der Waals surface area contributed by atoms with Crippen molar-refractivity contribution in [1.29, 1.82) is 0 Å². The summed E-state index contributed by atoms with van der Waals surface area (Å²) in [5.74, 6) is -0.0291. The molecule has 0 saturated heterocycles. The number of aliphatic hydroxyl groups excluding tert-OH is 1. The molecule has 2 nitrogen and oxygen atoms in total. The maximum atomic E-state index is 13.4. The van der Waals surface area contributed by atoms with Crippen molar-refractivity contribution in [3.8, 4) is 0 Å². The van der Waals surface area contributed by atoms with E-state index in [1.54, 1.807) is 0 Å². The van der Waals surface area contributed by atoms with Gasteiger partial charge in [0.2, 0.25) is 0 Å². The van der Waals surface area contributed by atoms with Gasteiger partial charge in [-0.1, -0.05) is 84.9 Å². The van der Waals surface area contributed by atoms with Gasteiger partial charge < -0.3 is 5.11 Å². The predicted octanol–water partition coefficient (Wildman–Crippen LogP) is 4.61. The first kappa shape index (κ1) is 16.7. The van der Waals surface area contributed by atoms with E-state index in [-0.39, 0.29) is 18.3 Å². The average Bonchev–Trinajstić information content (AvgIpc) is 2.97. The molecule has 26 heavy (non-hydrogen) atoms. The van der Waals surface area contributed by atoms with E-state index in [9.17, 15) is 9.90 Å². The zero-order valence-electron chi connectivity index (χ0n) is 14.6. The molecule has 3 aromatic carbocycles. The summed E-state index contributed by atoms with van der Waals surface area (Å²) in [6.07, 6.45) is 1.28. The van der Waals surface area contributed by atoms with Gasteiger partial charge in [0.25, 0.3) is 0 Å². The molecular formula is C24H22O2. The van der Waals surface area contributed by atoms with Crippen LogP contribution in [-0.4, -0.2) is 17.5 Å². The van der Waals surface area contributed by atoms with Gasteiger partial charge in [-0.3, -0.25) is 4.79 Å². The molecular weight excluding hydrogens is 320 g/mol. The lowest BCUT2D eigenvalue weighted by Gasteiger charge is -2.37. The van der Waals surface area contributed by atoms with Crippen LogP contribution in [0.5, 0.6) is 0 Å². The summed E-state index contributed by atoms with van der Waals surface area (Å²) in [6, 6.07) is 28.6. The van der Waals surface area contributed by atoms with Crippen LogP contribution >= 0.6 is 0 Å². The van der Waals surface area contributed by atoms with E-state index in [0.717, 1.165) is 22.3 Å². The first-order valence-corrected chi connectivity index (χ1v) is 9.15. The normalized spacial score (nSPS) is 17.9. The molecule has 0 fully saturated rings. The quantitative estimate of drug-likeness (QED) is 0.735. The number of aliphatic hydroxyl groups is 1. The van der Waals surface area contributed by atoms with Crippen molar-refractivity contribution < 1.29 is 9.90 Å². The number of Topliss-reactive ketones (excluding diaryl/α,β-unsaturated/α-hetero) is 1. The zero-order chi connectivity index (χ0) is 18.0. The Morgan fingerprint density at radius 1 is 0.769 bits per heavy atom. The molecule has 130 valence electrons. The van der Waals surface area contributed by atoms with Crippen molar-refractivity contribution in [3.63, 3.8) is 0 Å². The summed E-state index contributed by atoms with van der Waals surface area (Å²) in [4.78, 5) is 13.4. The Labute approximate surface area is 154 Å². The minimum absolute atomic E-state index is 0.0970. The first-order chi connectivity index (χ1) is 12.8. The minimum Gasteiger partial charge on any atom is -0.396 e. The number of rotatable bonds is 5. The molecule has 0 saturated carbocycles. The van der Waals surface area contributed by atoms with Gasteiger partial charge in [-0.15, -0.1) is 0 Å². The fourth-order valence-electron chi connectivity index (χ4n) is 4.54. The number of carbonyl (C=O) groups is 1. The van der Waals surface area contributed by atoms with Gasteiger partial charge in [0.05, 0.1) is 5.41 Å². The van der Waals surface area contributed by atoms with E-state index in [0.29, 0.717) is 12.8 Å². The molecule has 0 aliphatic heterocycles. The molecule has 1 aliphatic rings. The molecule has 1 N–H and O–H groups in total. The Morgan fingerprint density at radius 2 is 1.31 bits per heavy atom. The minimum atomic E-state index is -0.509. The second kappa shape index (κ2) is 6.89. The fourth-order valence-corrected chi connectivity index (χ4v) is 4.54. The molecule has 0 aromatic heterocycles. The van der Waals surface area contributed by atoms with Crippen LogP contribution in [0.4, 0.5) is 0 Å². The lowest BCUT2D eigenvalue weighted by molar-refractivity contribution is 0.0896. The summed E-state index contributed by atoms with van der Waals surface area (Å²) < 4.78 is 0. The summed E-state index contributed by atoms with van der Waals surface area (Å²) >= 11 is 0. The van der Waals surface area contributed by atoms with Crippen LogP contribution in [0.1, 0.15) is 39.9 Å². The summed E-state index contributed by atoms with van der Waals surface area (Å²) in [5, 5.41) is 9.43. The number of hydrogen-bond donors (Lipinski definition) is 1. The molecule has 0 radical (unpaired) electrons. The van der Waals surface area contributed by atoms with E-state index < -0.39 is 5.41 Å². The topological polar surface area (TPSA) is 37.3 Å². The monoisotopic (exact) mass is 342 g/mol. The third-order valence-corrected chi connectivity index (χ3v) is 5.57. The van der Waals surface area contributed by atoms with Crippen molar-refractivity contribution in [2.75, 3.05) is 6.61 Å². The van der Waals surface area contributed by atoms with Crippen LogP contribution < -0.4 is 0 Å². The van der Waals surface area contributed by atoms with Gasteiger partial charge in [-0.25, -0.2) is 0 Å². The third kappa shape index (κ3) is 2.41. The predicted molar refractivity (Wildman–Crippen MR) is 103 cm³/mol. The van der Waals surface area contributed by atoms with Gasteiger partial charge in [0, 0.05) is 18.1 Å². The lowest BCUT2D eigenvalue weighted by Crippen LogP contribution is -2.36. The highest BCUT2D eigenvalue weighted by Gasteiger charge is 2.53. The fraction of sp³-hybridized carbons (Fsp3) is 0.208. The molecule has 1 atom stereocenters. The van der Waals surface area contributed by atoms with Gasteiger partial charge in [0.1, 0.15) is 0 Å². The SMILES string of the molecule is O=C1c2ccccc2C(c2ccccc2)(c2ccccc2)C1CCCO. The van der Waals surface area contributed by atoms with Crippen LogP contribution in [-0.2, 0) is 5.41 Å². The largest absolute Gasteiger partial charge is 0.396 e. The lowest BCUT2D eigenvalue weighted by atomic mass is 9.64. The van der Waals surface area contributed by atoms with Crippen molar-refractivity contribution >= 4 is 5.78 Å². The second-order valence-electron chi connectivity index (χ2n) is 6.87. The van der Waals surface area contributed by atoms with E-state index in [1.165, 1.54) is 0 Å². The summed E-state index contributed by atoms with van der Waals surface area (Å²) in [7, 11) is 0. The van der Waals surface area contributed by atoms with Crippen molar-refractivity contribution in [1.82, 2.24) is 0 Å². The highest BCUT2D eigenvalue weighted by Crippen LogP contribution is 2.53. The number of carbonyl (C=O) groups excluding carboxylic acids is 1. The van der Waals surface area contributed by atoms with Gasteiger partial charge in [0.15, 0.2) is 5.78 Å². The number of hydrogen-bond acceptors (Lipinski definition) is 2.